The van der Waals surface area contributed by atoms with Crippen LogP contribution in [0.3, 0.4) is 0 Å². The van der Waals surface area contributed by atoms with Gasteiger partial charge in [0.25, 0.3) is 0 Å². The maximum absolute atomic E-state index is 12.1. The third-order valence-electron chi connectivity index (χ3n) is 2.94. The molecule has 0 aliphatic heterocycles. The van der Waals surface area contributed by atoms with Gasteiger partial charge in [-0.15, -0.1) is 10.2 Å². The molecule has 0 saturated carbocycles. The number of rotatable bonds is 6. The number of likely N-dealkylation sites (N-methyl/N-ethyl adjacent to an activating group) is 1. The first-order valence-electron chi connectivity index (χ1n) is 7.03. The van der Waals surface area contributed by atoms with Crippen molar-refractivity contribution in [1.29, 1.82) is 0 Å². The van der Waals surface area contributed by atoms with Gasteiger partial charge in [-0.25, -0.2) is 0 Å². The van der Waals surface area contributed by atoms with E-state index in [9.17, 15) is 4.79 Å². The largest absolute Gasteiger partial charge is 0.365 e. The number of hydrogen-bond acceptors (Lipinski definition) is 5. The van der Waals surface area contributed by atoms with Gasteiger partial charge >= 0.3 is 0 Å². The van der Waals surface area contributed by atoms with Gasteiger partial charge in [0.2, 0.25) is 11.0 Å². The Morgan fingerprint density at radius 3 is 2.64 bits per heavy atom. The molecule has 1 N–H and O–H groups in total. The fourth-order valence-corrected chi connectivity index (χ4v) is 2.99. The second-order valence-electron chi connectivity index (χ2n) is 5.48. The summed E-state index contributed by atoms with van der Waals surface area (Å²) in [5.74, 6) is 0.400. The lowest BCUT2D eigenvalue weighted by molar-refractivity contribution is -0.114. The van der Waals surface area contributed by atoms with Gasteiger partial charge in [0.1, 0.15) is 5.01 Å². The van der Waals surface area contributed by atoms with Crippen molar-refractivity contribution in [3.8, 4) is 0 Å². The van der Waals surface area contributed by atoms with Gasteiger partial charge in [-0.3, -0.25) is 10.1 Å². The number of anilines is 2. The molecule has 0 spiro atoms. The van der Waals surface area contributed by atoms with Gasteiger partial charge in [0.05, 0.1) is 6.54 Å². The predicted octanol–water partition coefficient (Wildman–Crippen LogP) is 3.46. The quantitative estimate of drug-likeness (QED) is 0.876. The molecule has 0 aliphatic rings. The van der Waals surface area contributed by atoms with Gasteiger partial charge < -0.3 is 4.90 Å². The highest BCUT2D eigenvalue weighted by molar-refractivity contribution is 7.15. The van der Waals surface area contributed by atoms with E-state index in [0.717, 1.165) is 17.1 Å². The highest BCUT2D eigenvalue weighted by Crippen LogP contribution is 2.19. The Morgan fingerprint density at radius 1 is 1.32 bits per heavy atom. The molecule has 0 fully saturated rings. The Morgan fingerprint density at radius 2 is 2.00 bits per heavy atom. The molecule has 22 heavy (non-hydrogen) atoms. The van der Waals surface area contributed by atoms with Crippen molar-refractivity contribution in [2.24, 2.45) is 5.92 Å². The van der Waals surface area contributed by atoms with Crippen molar-refractivity contribution in [3.05, 3.63) is 34.3 Å². The van der Waals surface area contributed by atoms with Crippen LogP contribution in [0.1, 0.15) is 18.9 Å². The first kappa shape index (κ1) is 16.7. The first-order chi connectivity index (χ1) is 10.4. The minimum absolute atomic E-state index is 0.121. The molecule has 0 unspecified atom stereocenters. The summed E-state index contributed by atoms with van der Waals surface area (Å²) in [4.78, 5) is 13.9. The standard InChI is InChI=1S/C15H19ClN4OS/c1-10(2)8-14-18-19-15(22-14)17-13(21)9-20(3)12-6-4-11(16)5-7-12/h4-7,10H,8-9H2,1-3H3,(H,17,19,21). The van der Waals surface area contributed by atoms with E-state index in [2.05, 4.69) is 29.4 Å². The predicted molar refractivity (Wildman–Crippen MR) is 91.8 cm³/mol. The summed E-state index contributed by atoms with van der Waals surface area (Å²) in [6, 6.07) is 7.35. The number of aromatic nitrogens is 2. The van der Waals surface area contributed by atoms with Gasteiger partial charge in [-0.2, -0.15) is 0 Å². The van der Waals surface area contributed by atoms with Crippen LogP contribution in [0.15, 0.2) is 24.3 Å². The summed E-state index contributed by atoms with van der Waals surface area (Å²) >= 11 is 7.28. The molecule has 7 heteroatoms. The molecule has 0 saturated heterocycles. The second kappa shape index (κ2) is 7.56. The monoisotopic (exact) mass is 338 g/mol. The van der Waals surface area contributed by atoms with Crippen LogP contribution in [0.5, 0.6) is 0 Å². The van der Waals surface area contributed by atoms with E-state index in [0.29, 0.717) is 16.1 Å². The molecule has 0 bridgehead atoms. The molecule has 2 rings (SSSR count). The maximum Gasteiger partial charge on any atom is 0.245 e. The van der Waals surface area contributed by atoms with Crippen LogP contribution in [0.25, 0.3) is 0 Å². The average Bonchev–Trinajstić information content (AvgIpc) is 2.85. The molecular weight excluding hydrogens is 320 g/mol. The van der Waals surface area contributed by atoms with Crippen LogP contribution in [0, 0.1) is 5.92 Å². The number of carbonyl (C=O) groups is 1. The summed E-state index contributed by atoms with van der Waals surface area (Å²) < 4.78 is 0. The topological polar surface area (TPSA) is 58.1 Å². The number of halogens is 1. The zero-order valence-corrected chi connectivity index (χ0v) is 14.4. The minimum atomic E-state index is -0.121. The molecule has 1 aromatic carbocycles. The highest BCUT2D eigenvalue weighted by Gasteiger charge is 2.11. The van der Waals surface area contributed by atoms with E-state index >= 15 is 0 Å². The van der Waals surface area contributed by atoms with Crippen LogP contribution in [-0.2, 0) is 11.2 Å². The number of nitrogens with one attached hydrogen (secondary N) is 1. The summed E-state index contributed by atoms with van der Waals surface area (Å²) in [5, 5.41) is 13.0. The Kier molecular flexibility index (Phi) is 5.74. The number of nitrogens with zero attached hydrogens (tertiary/aromatic N) is 3. The van der Waals surface area contributed by atoms with Crippen molar-refractivity contribution in [1.82, 2.24) is 10.2 Å². The van der Waals surface area contributed by atoms with Crippen LogP contribution in [-0.4, -0.2) is 29.7 Å². The summed E-state index contributed by atoms with van der Waals surface area (Å²) in [7, 11) is 1.85. The fraction of sp³-hybridized carbons (Fsp3) is 0.400. The van der Waals surface area contributed by atoms with Crippen LogP contribution >= 0.6 is 22.9 Å². The Bertz CT molecular complexity index is 627. The zero-order chi connectivity index (χ0) is 16.1. The van der Waals surface area contributed by atoms with Crippen molar-refractivity contribution in [2.75, 3.05) is 23.8 Å². The number of hydrogen-bond donors (Lipinski definition) is 1. The molecular formula is C15H19ClN4OS. The van der Waals surface area contributed by atoms with E-state index in [1.54, 1.807) is 12.1 Å². The van der Waals surface area contributed by atoms with Crippen molar-refractivity contribution >= 4 is 39.7 Å². The van der Waals surface area contributed by atoms with E-state index in [1.165, 1.54) is 11.3 Å². The SMILES string of the molecule is CC(C)Cc1nnc(NC(=O)CN(C)c2ccc(Cl)cc2)s1. The molecule has 0 atom stereocenters. The molecule has 1 amide bonds. The van der Waals surface area contributed by atoms with Gasteiger partial charge in [-0.1, -0.05) is 36.8 Å². The van der Waals surface area contributed by atoms with Crippen LogP contribution < -0.4 is 10.2 Å². The fourth-order valence-electron chi connectivity index (χ4n) is 1.90. The lowest BCUT2D eigenvalue weighted by Gasteiger charge is -2.18. The van der Waals surface area contributed by atoms with Crippen molar-refractivity contribution < 1.29 is 4.79 Å². The average molecular weight is 339 g/mol. The molecule has 0 aliphatic carbocycles. The molecule has 118 valence electrons. The molecule has 0 radical (unpaired) electrons. The smallest absolute Gasteiger partial charge is 0.245 e. The van der Waals surface area contributed by atoms with E-state index in [4.69, 9.17) is 11.6 Å². The van der Waals surface area contributed by atoms with Crippen molar-refractivity contribution in [3.63, 3.8) is 0 Å². The van der Waals surface area contributed by atoms with Gasteiger partial charge in [0.15, 0.2) is 0 Å². The second-order valence-corrected chi connectivity index (χ2v) is 6.98. The lowest BCUT2D eigenvalue weighted by Crippen LogP contribution is -2.29. The molecule has 2 aromatic rings. The van der Waals surface area contributed by atoms with Crippen molar-refractivity contribution in [2.45, 2.75) is 20.3 Å². The van der Waals surface area contributed by atoms with Crippen LogP contribution in [0.4, 0.5) is 10.8 Å². The van der Waals surface area contributed by atoms with E-state index in [1.807, 2.05) is 24.1 Å². The first-order valence-corrected chi connectivity index (χ1v) is 8.22. The van der Waals surface area contributed by atoms with Gasteiger partial charge in [-0.05, 0) is 30.2 Å². The lowest BCUT2D eigenvalue weighted by atomic mass is 10.1. The summed E-state index contributed by atoms with van der Waals surface area (Å²) in [6.07, 6.45) is 0.873. The number of amides is 1. The normalized spacial score (nSPS) is 10.8. The third kappa shape index (κ3) is 4.96. The summed E-state index contributed by atoms with van der Waals surface area (Å²) in [5.41, 5.74) is 0.928. The Hall–Kier alpha value is -1.66. The summed E-state index contributed by atoms with van der Waals surface area (Å²) in [6.45, 7) is 4.49. The van der Waals surface area contributed by atoms with E-state index < -0.39 is 0 Å². The maximum atomic E-state index is 12.1. The van der Waals surface area contributed by atoms with Crippen LogP contribution in [0.2, 0.25) is 5.02 Å². The Labute approximate surface area is 139 Å². The zero-order valence-electron chi connectivity index (χ0n) is 12.8. The molecule has 5 nitrogen and oxygen atoms in total. The number of carbonyl (C=O) groups excluding carboxylic acids is 1. The minimum Gasteiger partial charge on any atom is -0.365 e. The number of benzene rings is 1. The molecule has 1 heterocycles. The van der Waals surface area contributed by atoms with E-state index in [-0.39, 0.29) is 12.5 Å². The highest BCUT2D eigenvalue weighted by atomic mass is 35.5. The third-order valence-corrected chi connectivity index (χ3v) is 4.06. The Balaban J connectivity index is 1.89. The van der Waals surface area contributed by atoms with Gasteiger partial charge in [0, 0.05) is 24.2 Å². The molecule has 1 aromatic heterocycles.